The van der Waals surface area contributed by atoms with Crippen molar-refractivity contribution in [3.8, 4) is 0 Å². The van der Waals surface area contributed by atoms with Gasteiger partial charge in [0.05, 0.1) is 6.54 Å². The standard InChI is InChI=1S/C19H27N3O/c1-5-14-6-8-15(9-7-14)12-22(16-10-11-16)13-17-20-18(21-23-17)19(2,3)4/h6-9,16H,5,10-13H2,1-4H3. The maximum absolute atomic E-state index is 5.47. The predicted octanol–water partition coefficient (Wildman–Crippen LogP) is 4.09. The Bertz CT molecular complexity index is 635. The van der Waals surface area contributed by atoms with Crippen molar-refractivity contribution in [2.24, 2.45) is 0 Å². The van der Waals surface area contributed by atoms with Crippen LogP contribution in [0.1, 0.15) is 63.4 Å². The van der Waals surface area contributed by atoms with Crippen molar-refractivity contribution in [3.63, 3.8) is 0 Å². The summed E-state index contributed by atoms with van der Waals surface area (Å²) < 4.78 is 5.47. The van der Waals surface area contributed by atoms with E-state index >= 15 is 0 Å². The number of hydrogen-bond acceptors (Lipinski definition) is 4. The van der Waals surface area contributed by atoms with E-state index in [2.05, 4.69) is 67.0 Å². The van der Waals surface area contributed by atoms with Crippen molar-refractivity contribution in [1.82, 2.24) is 15.0 Å². The van der Waals surface area contributed by atoms with Gasteiger partial charge in [-0.05, 0) is 30.4 Å². The molecule has 2 aromatic rings. The molecule has 1 aromatic carbocycles. The lowest BCUT2D eigenvalue weighted by Crippen LogP contribution is -2.25. The van der Waals surface area contributed by atoms with E-state index in [1.807, 2.05) is 0 Å². The van der Waals surface area contributed by atoms with Gasteiger partial charge in [0, 0.05) is 18.0 Å². The van der Waals surface area contributed by atoms with Crippen LogP contribution in [0.2, 0.25) is 0 Å². The molecule has 1 aromatic heterocycles. The van der Waals surface area contributed by atoms with Crippen LogP contribution >= 0.6 is 0 Å². The molecule has 0 radical (unpaired) electrons. The van der Waals surface area contributed by atoms with Crippen LogP contribution < -0.4 is 0 Å². The zero-order chi connectivity index (χ0) is 16.4. The molecule has 0 atom stereocenters. The zero-order valence-electron chi connectivity index (χ0n) is 14.7. The minimum absolute atomic E-state index is 0.0673. The molecule has 4 heteroatoms. The van der Waals surface area contributed by atoms with Crippen molar-refractivity contribution < 1.29 is 4.52 Å². The first kappa shape index (κ1) is 16.2. The molecule has 0 saturated heterocycles. The van der Waals surface area contributed by atoms with Gasteiger partial charge < -0.3 is 4.52 Å². The molecule has 1 aliphatic carbocycles. The Morgan fingerprint density at radius 1 is 1.09 bits per heavy atom. The Morgan fingerprint density at radius 3 is 2.26 bits per heavy atom. The summed E-state index contributed by atoms with van der Waals surface area (Å²) in [7, 11) is 0. The van der Waals surface area contributed by atoms with Gasteiger partial charge >= 0.3 is 0 Å². The number of aromatic nitrogens is 2. The van der Waals surface area contributed by atoms with E-state index in [4.69, 9.17) is 4.52 Å². The lowest BCUT2D eigenvalue weighted by atomic mass is 9.96. The Kier molecular flexibility index (Phi) is 4.53. The Balaban J connectivity index is 1.68. The minimum atomic E-state index is -0.0673. The highest BCUT2D eigenvalue weighted by Gasteiger charge is 2.31. The van der Waals surface area contributed by atoms with Crippen molar-refractivity contribution in [3.05, 3.63) is 47.1 Å². The third kappa shape index (κ3) is 4.20. The molecule has 4 nitrogen and oxygen atoms in total. The summed E-state index contributed by atoms with van der Waals surface area (Å²) >= 11 is 0. The smallest absolute Gasteiger partial charge is 0.240 e. The third-order valence-corrected chi connectivity index (χ3v) is 4.36. The molecule has 0 N–H and O–H groups in total. The third-order valence-electron chi connectivity index (χ3n) is 4.36. The molecule has 1 aliphatic rings. The van der Waals surface area contributed by atoms with E-state index in [-0.39, 0.29) is 5.41 Å². The van der Waals surface area contributed by atoms with Gasteiger partial charge in [-0.2, -0.15) is 4.98 Å². The lowest BCUT2D eigenvalue weighted by Gasteiger charge is -2.20. The molecule has 0 spiro atoms. The van der Waals surface area contributed by atoms with Crippen molar-refractivity contribution in [2.45, 2.75) is 71.5 Å². The number of hydrogen-bond donors (Lipinski definition) is 0. The summed E-state index contributed by atoms with van der Waals surface area (Å²) in [5.74, 6) is 1.52. The van der Waals surface area contributed by atoms with Gasteiger partial charge in [-0.25, -0.2) is 0 Å². The Hall–Kier alpha value is -1.68. The summed E-state index contributed by atoms with van der Waals surface area (Å²) in [5.41, 5.74) is 2.67. The first-order valence-corrected chi connectivity index (χ1v) is 8.60. The summed E-state index contributed by atoms with van der Waals surface area (Å²) in [5, 5.41) is 4.14. The maximum Gasteiger partial charge on any atom is 0.240 e. The quantitative estimate of drug-likeness (QED) is 0.805. The monoisotopic (exact) mass is 313 g/mol. The van der Waals surface area contributed by atoms with Crippen LogP contribution in [-0.2, 0) is 24.9 Å². The predicted molar refractivity (Wildman–Crippen MR) is 91.1 cm³/mol. The van der Waals surface area contributed by atoms with Gasteiger partial charge in [0.15, 0.2) is 5.82 Å². The SMILES string of the molecule is CCc1ccc(CN(Cc2nc(C(C)(C)C)no2)C2CC2)cc1. The van der Waals surface area contributed by atoms with E-state index in [0.29, 0.717) is 6.04 Å². The molecule has 1 saturated carbocycles. The largest absolute Gasteiger partial charge is 0.338 e. The second kappa shape index (κ2) is 6.44. The van der Waals surface area contributed by atoms with Crippen molar-refractivity contribution in [1.29, 1.82) is 0 Å². The van der Waals surface area contributed by atoms with E-state index in [0.717, 1.165) is 31.2 Å². The van der Waals surface area contributed by atoms with Crippen LogP contribution in [0.15, 0.2) is 28.8 Å². The summed E-state index contributed by atoms with van der Waals surface area (Å²) in [6.07, 6.45) is 3.63. The molecule has 0 bridgehead atoms. The van der Waals surface area contributed by atoms with E-state index in [9.17, 15) is 0 Å². The minimum Gasteiger partial charge on any atom is -0.338 e. The molecular formula is C19H27N3O. The average molecular weight is 313 g/mol. The molecule has 1 fully saturated rings. The van der Waals surface area contributed by atoms with Gasteiger partial charge in [-0.3, -0.25) is 4.90 Å². The Morgan fingerprint density at radius 2 is 1.74 bits per heavy atom. The molecule has 23 heavy (non-hydrogen) atoms. The van der Waals surface area contributed by atoms with E-state index in [1.165, 1.54) is 24.0 Å². The van der Waals surface area contributed by atoms with Crippen molar-refractivity contribution >= 4 is 0 Å². The van der Waals surface area contributed by atoms with Crippen LogP contribution in [0.25, 0.3) is 0 Å². The molecule has 0 unspecified atom stereocenters. The van der Waals surface area contributed by atoms with Gasteiger partial charge in [0.1, 0.15) is 0 Å². The molecule has 3 rings (SSSR count). The number of aryl methyl sites for hydroxylation is 1. The highest BCUT2D eigenvalue weighted by atomic mass is 16.5. The second-order valence-electron chi connectivity index (χ2n) is 7.57. The molecular weight excluding hydrogens is 286 g/mol. The highest BCUT2D eigenvalue weighted by Crippen LogP contribution is 2.30. The van der Waals surface area contributed by atoms with Crippen LogP contribution in [0.3, 0.4) is 0 Å². The van der Waals surface area contributed by atoms with E-state index in [1.54, 1.807) is 0 Å². The summed E-state index contributed by atoms with van der Waals surface area (Å²) in [6, 6.07) is 9.59. The van der Waals surface area contributed by atoms with Crippen LogP contribution in [-0.4, -0.2) is 21.1 Å². The van der Waals surface area contributed by atoms with Gasteiger partial charge in [0.2, 0.25) is 5.89 Å². The molecule has 124 valence electrons. The highest BCUT2D eigenvalue weighted by molar-refractivity contribution is 5.22. The van der Waals surface area contributed by atoms with Gasteiger partial charge in [0.25, 0.3) is 0 Å². The fraction of sp³-hybridized carbons (Fsp3) is 0.579. The summed E-state index contributed by atoms with van der Waals surface area (Å²) in [6.45, 7) is 10.2. The molecule has 0 aliphatic heterocycles. The fourth-order valence-electron chi connectivity index (χ4n) is 2.67. The average Bonchev–Trinajstić information content (AvgIpc) is 3.25. The number of nitrogens with zero attached hydrogens (tertiary/aromatic N) is 3. The molecule has 1 heterocycles. The van der Waals surface area contributed by atoms with Crippen LogP contribution in [0.5, 0.6) is 0 Å². The lowest BCUT2D eigenvalue weighted by molar-refractivity contribution is 0.209. The van der Waals surface area contributed by atoms with E-state index < -0.39 is 0 Å². The van der Waals surface area contributed by atoms with Crippen LogP contribution in [0, 0.1) is 0 Å². The Labute approximate surface area is 138 Å². The summed E-state index contributed by atoms with van der Waals surface area (Å²) in [4.78, 5) is 7.04. The maximum atomic E-state index is 5.47. The number of rotatable bonds is 6. The zero-order valence-corrected chi connectivity index (χ0v) is 14.7. The number of benzene rings is 1. The second-order valence-corrected chi connectivity index (χ2v) is 7.57. The van der Waals surface area contributed by atoms with Crippen molar-refractivity contribution in [2.75, 3.05) is 0 Å². The fourth-order valence-corrected chi connectivity index (χ4v) is 2.67. The molecule has 0 amide bonds. The normalized spacial score (nSPS) is 15.3. The van der Waals surface area contributed by atoms with Gasteiger partial charge in [-0.15, -0.1) is 0 Å². The first-order valence-electron chi connectivity index (χ1n) is 8.60. The van der Waals surface area contributed by atoms with Gasteiger partial charge in [-0.1, -0.05) is 57.1 Å². The first-order chi connectivity index (χ1) is 11.0. The topological polar surface area (TPSA) is 42.2 Å². The van der Waals surface area contributed by atoms with Crippen LogP contribution in [0.4, 0.5) is 0 Å².